The molecule has 0 radical (unpaired) electrons. The summed E-state index contributed by atoms with van der Waals surface area (Å²) < 4.78 is 37.9. The van der Waals surface area contributed by atoms with Crippen LogP contribution in [0.5, 0.6) is 0 Å². The Morgan fingerprint density at radius 1 is 1.38 bits per heavy atom. The number of carboxylic acids is 1. The van der Waals surface area contributed by atoms with Gasteiger partial charge in [-0.2, -0.15) is 13.2 Å². The lowest BCUT2D eigenvalue weighted by Crippen LogP contribution is -2.42. The van der Waals surface area contributed by atoms with Crippen LogP contribution in [0.4, 0.5) is 13.2 Å². The van der Waals surface area contributed by atoms with Gasteiger partial charge in [-0.3, -0.25) is 4.79 Å². The minimum Gasteiger partial charge on any atom is -0.480 e. The maximum Gasteiger partial charge on any atom is 0.406 e. The van der Waals surface area contributed by atoms with E-state index in [9.17, 15) is 22.8 Å². The number of hydrogen-bond acceptors (Lipinski definition) is 2. The van der Waals surface area contributed by atoms with Crippen LogP contribution < -0.4 is 5.32 Å². The molecule has 1 heterocycles. The van der Waals surface area contributed by atoms with Crippen molar-refractivity contribution in [1.82, 2.24) is 9.88 Å². The molecule has 0 fully saturated rings. The van der Waals surface area contributed by atoms with Gasteiger partial charge in [0.1, 0.15) is 18.3 Å². The first-order valence-electron chi connectivity index (χ1n) is 6.35. The van der Waals surface area contributed by atoms with Crippen molar-refractivity contribution in [1.29, 1.82) is 0 Å². The minimum atomic E-state index is -4.46. The summed E-state index contributed by atoms with van der Waals surface area (Å²) in [7, 11) is 0. The number of hydrogen-bond donors (Lipinski definition) is 2. The van der Waals surface area contributed by atoms with Crippen molar-refractivity contribution in [3.8, 4) is 0 Å². The SMILES string of the molecule is CC(C)C[C@@H](NC(=O)c1cccn1CC(F)(F)F)C(=O)O. The van der Waals surface area contributed by atoms with Crippen molar-refractivity contribution in [2.45, 2.75) is 39.0 Å². The van der Waals surface area contributed by atoms with Crippen LogP contribution in [0.25, 0.3) is 0 Å². The molecule has 21 heavy (non-hydrogen) atoms. The second kappa shape index (κ2) is 6.64. The van der Waals surface area contributed by atoms with Crippen LogP contribution in [0.1, 0.15) is 30.8 Å². The summed E-state index contributed by atoms with van der Waals surface area (Å²) in [6.07, 6.45) is -3.14. The molecule has 118 valence electrons. The summed E-state index contributed by atoms with van der Waals surface area (Å²) in [6.45, 7) is 2.27. The third-order valence-corrected chi connectivity index (χ3v) is 2.72. The van der Waals surface area contributed by atoms with Gasteiger partial charge in [-0.25, -0.2) is 4.79 Å². The number of alkyl halides is 3. The highest BCUT2D eigenvalue weighted by atomic mass is 19.4. The quantitative estimate of drug-likeness (QED) is 0.847. The van der Waals surface area contributed by atoms with E-state index in [2.05, 4.69) is 5.32 Å². The Hall–Kier alpha value is -1.99. The molecule has 0 spiro atoms. The van der Waals surface area contributed by atoms with Gasteiger partial charge in [-0.1, -0.05) is 13.8 Å². The zero-order valence-electron chi connectivity index (χ0n) is 11.6. The van der Waals surface area contributed by atoms with Crippen molar-refractivity contribution in [3.05, 3.63) is 24.0 Å². The van der Waals surface area contributed by atoms with Gasteiger partial charge in [0, 0.05) is 6.20 Å². The van der Waals surface area contributed by atoms with Gasteiger partial charge < -0.3 is 15.0 Å². The maximum absolute atomic E-state index is 12.4. The Morgan fingerprint density at radius 2 is 2.00 bits per heavy atom. The number of halogens is 3. The number of carboxylic acid groups (broad SMARTS) is 1. The molecular weight excluding hydrogens is 289 g/mol. The fourth-order valence-electron chi connectivity index (χ4n) is 1.88. The van der Waals surface area contributed by atoms with Crippen molar-refractivity contribution >= 4 is 11.9 Å². The molecule has 1 aromatic rings. The van der Waals surface area contributed by atoms with Crippen LogP contribution in [0, 0.1) is 5.92 Å². The van der Waals surface area contributed by atoms with E-state index in [0.717, 1.165) is 10.8 Å². The zero-order chi connectivity index (χ0) is 16.2. The number of nitrogens with zero attached hydrogens (tertiary/aromatic N) is 1. The Labute approximate surface area is 119 Å². The van der Waals surface area contributed by atoms with Crippen LogP contribution in [0.15, 0.2) is 18.3 Å². The lowest BCUT2D eigenvalue weighted by atomic mass is 10.0. The predicted octanol–water partition coefficient (Wildman–Crippen LogP) is 2.28. The number of carbonyl (C=O) groups excluding carboxylic acids is 1. The average Bonchev–Trinajstić information content (AvgIpc) is 2.72. The van der Waals surface area contributed by atoms with Crippen LogP contribution in [-0.2, 0) is 11.3 Å². The van der Waals surface area contributed by atoms with E-state index in [1.54, 1.807) is 13.8 Å². The lowest BCUT2D eigenvalue weighted by molar-refractivity contribution is -0.141. The molecule has 0 unspecified atom stereocenters. The van der Waals surface area contributed by atoms with E-state index in [4.69, 9.17) is 5.11 Å². The van der Waals surface area contributed by atoms with Crippen molar-refractivity contribution in [2.75, 3.05) is 0 Å². The fourth-order valence-corrected chi connectivity index (χ4v) is 1.88. The number of nitrogens with one attached hydrogen (secondary N) is 1. The average molecular weight is 306 g/mol. The van der Waals surface area contributed by atoms with Crippen molar-refractivity contribution in [3.63, 3.8) is 0 Å². The maximum atomic E-state index is 12.4. The van der Waals surface area contributed by atoms with Crippen LogP contribution >= 0.6 is 0 Å². The van der Waals surface area contributed by atoms with Crippen LogP contribution in [0.3, 0.4) is 0 Å². The van der Waals surface area contributed by atoms with Gasteiger partial charge in [-0.05, 0) is 24.5 Å². The highest BCUT2D eigenvalue weighted by Gasteiger charge is 2.30. The number of carbonyl (C=O) groups is 2. The minimum absolute atomic E-state index is 0.0216. The summed E-state index contributed by atoms with van der Waals surface area (Å²) in [5, 5.41) is 11.3. The highest BCUT2D eigenvalue weighted by Crippen LogP contribution is 2.19. The third kappa shape index (κ3) is 5.49. The topological polar surface area (TPSA) is 71.3 Å². The largest absolute Gasteiger partial charge is 0.480 e. The molecule has 8 heteroatoms. The molecule has 1 rings (SSSR count). The molecule has 1 aromatic heterocycles. The zero-order valence-corrected chi connectivity index (χ0v) is 11.6. The van der Waals surface area contributed by atoms with Gasteiger partial charge >= 0.3 is 12.1 Å². The smallest absolute Gasteiger partial charge is 0.406 e. The molecule has 1 amide bonds. The Kier molecular flexibility index (Phi) is 5.40. The van der Waals surface area contributed by atoms with Crippen LogP contribution in [-0.4, -0.2) is 33.8 Å². The van der Waals surface area contributed by atoms with E-state index in [1.807, 2.05) is 0 Å². The van der Waals surface area contributed by atoms with Gasteiger partial charge in [0.2, 0.25) is 0 Å². The first kappa shape index (κ1) is 17.1. The molecule has 1 atom stereocenters. The van der Waals surface area contributed by atoms with E-state index in [-0.39, 0.29) is 18.0 Å². The molecule has 0 saturated heterocycles. The number of rotatable bonds is 6. The Morgan fingerprint density at radius 3 is 2.48 bits per heavy atom. The molecule has 5 nitrogen and oxygen atoms in total. The Bertz CT molecular complexity index is 509. The summed E-state index contributed by atoms with van der Waals surface area (Å²) in [5.41, 5.74) is -0.220. The Balaban J connectivity index is 2.84. The first-order valence-corrected chi connectivity index (χ1v) is 6.35. The fraction of sp³-hybridized carbons (Fsp3) is 0.538. The lowest BCUT2D eigenvalue weighted by Gasteiger charge is -2.17. The molecule has 0 aliphatic rings. The van der Waals surface area contributed by atoms with E-state index in [0.29, 0.717) is 0 Å². The van der Waals surface area contributed by atoms with Gasteiger partial charge in [0.25, 0.3) is 5.91 Å². The predicted molar refractivity (Wildman–Crippen MR) is 68.8 cm³/mol. The standard InChI is InChI=1S/C13H17F3N2O3/c1-8(2)6-9(12(20)21)17-11(19)10-4-3-5-18(10)7-13(14,15)16/h3-5,8-9H,6-7H2,1-2H3,(H,17,19)(H,20,21)/t9-/m1/s1. The van der Waals surface area contributed by atoms with Crippen molar-refractivity contribution < 1.29 is 27.9 Å². The third-order valence-electron chi connectivity index (χ3n) is 2.72. The number of amides is 1. The monoisotopic (exact) mass is 306 g/mol. The molecular formula is C13H17F3N2O3. The van der Waals surface area contributed by atoms with Gasteiger partial charge in [0.15, 0.2) is 0 Å². The van der Waals surface area contributed by atoms with Gasteiger partial charge in [0.05, 0.1) is 0 Å². The van der Waals surface area contributed by atoms with E-state index < -0.39 is 30.6 Å². The number of aromatic nitrogens is 1. The van der Waals surface area contributed by atoms with E-state index in [1.165, 1.54) is 12.1 Å². The summed E-state index contributed by atoms with van der Waals surface area (Å²) in [6, 6.07) is 1.39. The second-order valence-electron chi connectivity index (χ2n) is 5.13. The second-order valence-corrected chi connectivity index (χ2v) is 5.13. The molecule has 0 aliphatic carbocycles. The molecule has 0 saturated carbocycles. The van der Waals surface area contributed by atoms with E-state index >= 15 is 0 Å². The first-order chi connectivity index (χ1) is 9.60. The summed E-state index contributed by atoms with van der Waals surface area (Å²) in [4.78, 5) is 23.0. The molecule has 2 N–H and O–H groups in total. The van der Waals surface area contributed by atoms with Gasteiger partial charge in [-0.15, -0.1) is 0 Å². The summed E-state index contributed by atoms with van der Waals surface area (Å²) >= 11 is 0. The summed E-state index contributed by atoms with van der Waals surface area (Å²) in [5.74, 6) is -2.03. The highest BCUT2D eigenvalue weighted by molar-refractivity contribution is 5.95. The normalized spacial score (nSPS) is 13.2. The number of aliphatic carboxylic acids is 1. The van der Waals surface area contributed by atoms with Crippen LogP contribution in [0.2, 0.25) is 0 Å². The van der Waals surface area contributed by atoms with Crippen molar-refractivity contribution in [2.24, 2.45) is 5.92 Å². The molecule has 0 aromatic carbocycles. The molecule has 0 aliphatic heterocycles. The molecule has 0 bridgehead atoms.